The zero-order chi connectivity index (χ0) is 13.2. The maximum atomic E-state index is 12.3. The first-order valence-corrected chi connectivity index (χ1v) is 6.40. The van der Waals surface area contributed by atoms with E-state index in [0.717, 1.165) is 17.3 Å². The van der Waals surface area contributed by atoms with Gasteiger partial charge in [-0.05, 0) is 25.0 Å². The fraction of sp³-hybridized carbons (Fsp3) is 0.286. The van der Waals surface area contributed by atoms with Gasteiger partial charge in [-0.2, -0.15) is 0 Å². The highest BCUT2D eigenvalue weighted by Gasteiger charge is 2.24. The summed E-state index contributed by atoms with van der Waals surface area (Å²) in [5.74, 6) is -0.312. The van der Waals surface area contributed by atoms with Crippen molar-refractivity contribution in [2.24, 2.45) is 0 Å². The molecule has 0 bridgehead atoms. The van der Waals surface area contributed by atoms with Crippen LogP contribution in [0.1, 0.15) is 23.2 Å². The Labute approximate surface area is 110 Å². The molecule has 5 nitrogen and oxygen atoms in total. The highest BCUT2D eigenvalue weighted by molar-refractivity contribution is 6.07. The van der Waals surface area contributed by atoms with Crippen molar-refractivity contribution in [3.63, 3.8) is 0 Å². The summed E-state index contributed by atoms with van der Waals surface area (Å²) in [4.78, 5) is 27.0. The second-order valence-corrected chi connectivity index (χ2v) is 4.71. The molecule has 1 aromatic heterocycles. The van der Waals surface area contributed by atoms with Crippen molar-refractivity contribution in [3.05, 3.63) is 36.0 Å². The van der Waals surface area contributed by atoms with Crippen LogP contribution in [0.25, 0.3) is 10.9 Å². The van der Waals surface area contributed by atoms with Crippen molar-refractivity contribution in [2.45, 2.75) is 18.9 Å². The van der Waals surface area contributed by atoms with E-state index < -0.39 is 6.04 Å². The lowest BCUT2D eigenvalue weighted by Crippen LogP contribution is -2.50. The minimum atomic E-state index is -0.425. The Morgan fingerprint density at radius 1 is 1.32 bits per heavy atom. The van der Waals surface area contributed by atoms with Gasteiger partial charge in [0.1, 0.15) is 6.04 Å². The van der Waals surface area contributed by atoms with Gasteiger partial charge < -0.3 is 15.6 Å². The number of rotatable bonds is 2. The highest BCUT2D eigenvalue weighted by Crippen LogP contribution is 2.17. The molecule has 1 fully saturated rings. The van der Waals surface area contributed by atoms with E-state index in [1.807, 2.05) is 18.2 Å². The number of hydrogen-bond acceptors (Lipinski definition) is 2. The maximum Gasteiger partial charge on any atom is 0.254 e. The summed E-state index contributed by atoms with van der Waals surface area (Å²) < 4.78 is 0. The molecule has 98 valence electrons. The number of hydrogen-bond donors (Lipinski definition) is 3. The molecule has 3 rings (SSSR count). The SMILES string of the molecule is O=C(NC1CCCNC1=O)c1cccc2cc[nH]c12. The number of benzene rings is 1. The van der Waals surface area contributed by atoms with E-state index in [4.69, 9.17) is 0 Å². The van der Waals surface area contributed by atoms with Crippen LogP contribution in [0.3, 0.4) is 0 Å². The number of fused-ring (bicyclic) bond motifs is 1. The van der Waals surface area contributed by atoms with Crippen LogP contribution in [0.5, 0.6) is 0 Å². The number of piperidine rings is 1. The van der Waals surface area contributed by atoms with Gasteiger partial charge in [0.05, 0.1) is 11.1 Å². The first-order valence-electron chi connectivity index (χ1n) is 6.40. The fourth-order valence-corrected chi connectivity index (χ4v) is 2.42. The third kappa shape index (κ3) is 2.19. The first-order chi connectivity index (χ1) is 9.25. The largest absolute Gasteiger partial charge is 0.361 e. The molecule has 0 spiro atoms. The third-order valence-electron chi connectivity index (χ3n) is 3.42. The number of amides is 2. The molecule has 5 heteroatoms. The number of H-pyrrole nitrogens is 1. The Bertz CT molecular complexity index is 632. The smallest absolute Gasteiger partial charge is 0.254 e. The van der Waals surface area contributed by atoms with Gasteiger partial charge in [0.25, 0.3) is 5.91 Å². The topological polar surface area (TPSA) is 74.0 Å². The molecule has 2 aromatic rings. The van der Waals surface area contributed by atoms with Gasteiger partial charge in [0.15, 0.2) is 0 Å². The van der Waals surface area contributed by atoms with Crippen molar-refractivity contribution in [1.82, 2.24) is 15.6 Å². The van der Waals surface area contributed by atoms with E-state index in [-0.39, 0.29) is 11.8 Å². The zero-order valence-electron chi connectivity index (χ0n) is 10.4. The lowest BCUT2D eigenvalue weighted by molar-refractivity contribution is -0.124. The van der Waals surface area contributed by atoms with Crippen molar-refractivity contribution < 1.29 is 9.59 Å². The summed E-state index contributed by atoms with van der Waals surface area (Å²) in [6.07, 6.45) is 3.39. The van der Waals surface area contributed by atoms with Gasteiger partial charge in [0.2, 0.25) is 5.91 Å². The van der Waals surface area contributed by atoms with Crippen LogP contribution in [-0.2, 0) is 4.79 Å². The van der Waals surface area contributed by atoms with Gasteiger partial charge in [-0.15, -0.1) is 0 Å². The number of aromatic nitrogens is 1. The quantitative estimate of drug-likeness (QED) is 0.755. The normalized spacial score (nSPS) is 19.2. The second-order valence-electron chi connectivity index (χ2n) is 4.71. The minimum Gasteiger partial charge on any atom is -0.361 e. The molecule has 1 aromatic carbocycles. The lowest BCUT2D eigenvalue weighted by Gasteiger charge is -2.22. The van der Waals surface area contributed by atoms with E-state index in [0.29, 0.717) is 18.5 Å². The van der Waals surface area contributed by atoms with Gasteiger partial charge >= 0.3 is 0 Å². The average molecular weight is 257 g/mol. The van der Waals surface area contributed by atoms with Crippen LogP contribution >= 0.6 is 0 Å². The molecule has 0 aliphatic carbocycles. The van der Waals surface area contributed by atoms with E-state index >= 15 is 0 Å². The Morgan fingerprint density at radius 3 is 3.05 bits per heavy atom. The molecule has 1 saturated heterocycles. The molecule has 1 atom stereocenters. The number of carbonyl (C=O) groups excluding carboxylic acids is 2. The van der Waals surface area contributed by atoms with Crippen molar-refractivity contribution in [3.8, 4) is 0 Å². The summed E-state index contributed by atoms with van der Waals surface area (Å²) in [7, 11) is 0. The first kappa shape index (κ1) is 11.8. The minimum absolute atomic E-state index is 0.0988. The molecule has 0 radical (unpaired) electrons. The molecule has 2 amide bonds. The Morgan fingerprint density at radius 2 is 2.21 bits per heavy atom. The average Bonchev–Trinajstić information content (AvgIpc) is 2.89. The van der Waals surface area contributed by atoms with Crippen LogP contribution in [-0.4, -0.2) is 29.4 Å². The Kier molecular flexibility index (Phi) is 2.95. The highest BCUT2D eigenvalue weighted by atomic mass is 16.2. The fourth-order valence-electron chi connectivity index (χ4n) is 2.42. The second kappa shape index (κ2) is 4.76. The standard InChI is InChI=1S/C14H15N3O2/c18-13(17-11-5-2-7-16-14(11)19)10-4-1-3-9-6-8-15-12(9)10/h1,3-4,6,8,11,15H,2,5,7H2,(H,16,19)(H,17,18). The van der Waals surface area contributed by atoms with Crippen molar-refractivity contribution in [2.75, 3.05) is 6.54 Å². The summed E-state index contributed by atoms with van der Waals surface area (Å²) in [5.41, 5.74) is 1.37. The summed E-state index contributed by atoms with van der Waals surface area (Å²) in [5, 5.41) is 6.54. The maximum absolute atomic E-state index is 12.3. The zero-order valence-corrected chi connectivity index (χ0v) is 10.4. The molecule has 0 saturated carbocycles. The molecule has 1 unspecified atom stereocenters. The lowest BCUT2D eigenvalue weighted by atomic mass is 10.1. The van der Waals surface area contributed by atoms with Crippen LogP contribution in [0.2, 0.25) is 0 Å². The van der Waals surface area contributed by atoms with Gasteiger partial charge in [-0.1, -0.05) is 12.1 Å². The number of carbonyl (C=O) groups is 2. The predicted octanol–water partition coefficient (Wildman–Crippen LogP) is 1.18. The van der Waals surface area contributed by atoms with E-state index in [1.54, 1.807) is 12.3 Å². The summed E-state index contributed by atoms with van der Waals surface area (Å²) in [6.45, 7) is 0.692. The van der Waals surface area contributed by atoms with Gasteiger partial charge in [0, 0.05) is 18.1 Å². The van der Waals surface area contributed by atoms with Gasteiger partial charge in [-0.25, -0.2) is 0 Å². The van der Waals surface area contributed by atoms with Gasteiger partial charge in [-0.3, -0.25) is 9.59 Å². The molecule has 3 N–H and O–H groups in total. The van der Waals surface area contributed by atoms with Crippen molar-refractivity contribution >= 4 is 22.7 Å². The Balaban J connectivity index is 1.83. The summed E-state index contributed by atoms with van der Waals surface area (Å²) in [6, 6.07) is 7.03. The van der Waals surface area contributed by atoms with Crippen LogP contribution < -0.4 is 10.6 Å². The van der Waals surface area contributed by atoms with Crippen LogP contribution in [0.4, 0.5) is 0 Å². The number of nitrogens with one attached hydrogen (secondary N) is 3. The van der Waals surface area contributed by atoms with Crippen LogP contribution in [0.15, 0.2) is 30.5 Å². The molecule has 2 heterocycles. The van der Waals surface area contributed by atoms with Crippen LogP contribution in [0, 0.1) is 0 Å². The molecular weight excluding hydrogens is 242 g/mol. The molecule has 1 aliphatic heterocycles. The van der Waals surface area contributed by atoms with E-state index in [1.165, 1.54) is 0 Å². The van der Waals surface area contributed by atoms with E-state index in [2.05, 4.69) is 15.6 Å². The monoisotopic (exact) mass is 257 g/mol. The third-order valence-corrected chi connectivity index (χ3v) is 3.42. The molecule has 19 heavy (non-hydrogen) atoms. The molecule has 1 aliphatic rings. The summed E-state index contributed by atoms with van der Waals surface area (Å²) >= 11 is 0. The Hall–Kier alpha value is -2.30. The predicted molar refractivity (Wildman–Crippen MR) is 71.8 cm³/mol. The number of aromatic amines is 1. The van der Waals surface area contributed by atoms with Crippen molar-refractivity contribution in [1.29, 1.82) is 0 Å². The van der Waals surface area contributed by atoms with E-state index in [9.17, 15) is 9.59 Å². The molecular formula is C14H15N3O2. The number of para-hydroxylation sites is 1.